The lowest BCUT2D eigenvalue weighted by atomic mass is 9.97. The molecule has 132 valence electrons. The monoisotopic (exact) mass is 358 g/mol. The maximum atomic E-state index is 6.20. The average molecular weight is 359 g/mol. The van der Waals surface area contributed by atoms with E-state index in [4.69, 9.17) is 4.43 Å². The summed E-state index contributed by atoms with van der Waals surface area (Å²) >= 11 is 0. The van der Waals surface area contributed by atoms with E-state index in [1.165, 1.54) is 33.4 Å². The summed E-state index contributed by atoms with van der Waals surface area (Å²) in [6.07, 6.45) is 0.966. The molecule has 26 heavy (non-hydrogen) atoms. The zero-order valence-corrected chi connectivity index (χ0v) is 16.8. The third-order valence-corrected chi connectivity index (χ3v) is 6.16. The fraction of sp³-hybridized carbons (Fsp3) is 0.250. The van der Waals surface area contributed by atoms with Crippen LogP contribution in [0.25, 0.3) is 0 Å². The van der Waals surface area contributed by atoms with Crippen molar-refractivity contribution in [1.29, 1.82) is 0 Å². The highest BCUT2D eigenvalue weighted by atomic mass is 28.2. The lowest BCUT2D eigenvalue weighted by Gasteiger charge is -2.21. The van der Waals surface area contributed by atoms with Crippen LogP contribution >= 0.6 is 0 Å². The SMILES string of the molecule is Cc1ccccc1CCO[Si]C(c1ccccc1C)c1ccccc1C. The van der Waals surface area contributed by atoms with E-state index in [2.05, 4.69) is 93.6 Å². The third kappa shape index (κ3) is 4.51. The molecule has 2 radical (unpaired) electrons. The van der Waals surface area contributed by atoms with Crippen LogP contribution in [0.5, 0.6) is 0 Å². The molecular weight excluding hydrogens is 332 g/mol. The van der Waals surface area contributed by atoms with Crippen LogP contribution in [0.3, 0.4) is 0 Å². The maximum absolute atomic E-state index is 6.20. The molecular formula is C24H26OSi. The first-order chi connectivity index (χ1) is 12.7. The van der Waals surface area contributed by atoms with Crippen LogP contribution in [0.4, 0.5) is 0 Å². The van der Waals surface area contributed by atoms with Gasteiger partial charge in [-0.15, -0.1) is 0 Å². The summed E-state index contributed by atoms with van der Waals surface area (Å²) in [6, 6.07) is 25.9. The van der Waals surface area contributed by atoms with Crippen molar-refractivity contribution >= 4 is 9.76 Å². The van der Waals surface area contributed by atoms with Gasteiger partial charge in [-0.25, -0.2) is 0 Å². The summed E-state index contributed by atoms with van der Waals surface area (Å²) in [6.45, 7) is 7.31. The minimum atomic E-state index is 0.300. The second-order valence-electron chi connectivity index (χ2n) is 6.79. The van der Waals surface area contributed by atoms with Crippen molar-refractivity contribution in [2.75, 3.05) is 6.61 Å². The Labute approximate surface area is 160 Å². The lowest BCUT2D eigenvalue weighted by molar-refractivity contribution is 0.336. The Balaban J connectivity index is 1.74. The molecule has 0 spiro atoms. The standard InChI is InChI=1S/C24H26OSi/c1-18-10-4-7-13-21(18)16-17-25-26-24(22-14-8-5-11-19(22)2)23-15-9-6-12-20(23)3/h4-15,24H,16-17H2,1-3H3. The number of rotatable bonds is 7. The van der Waals surface area contributed by atoms with Gasteiger partial charge in [-0.3, -0.25) is 0 Å². The van der Waals surface area contributed by atoms with E-state index in [-0.39, 0.29) is 0 Å². The van der Waals surface area contributed by atoms with E-state index in [9.17, 15) is 0 Å². The summed E-state index contributed by atoms with van der Waals surface area (Å²) < 4.78 is 6.20. The van der Waals surface area contributed by atoms with Gasteiger partial charge in [0.05, 0.1) is 0 Å². The summed E-state index contributed by atoms with van der Waals surface area (Å²) in [7, 11) is 0.419. The second kappa shape index (κ2) is 8.97. The van der Waals surface area contributed by atoms with Gasteiger partial charge in [0.1, 0.15) is 0 Å². The molecule has 2 heteroatoms. The predicted molar refractivity (Wildman–Crippen MR) is 111 cm³/mol. The van der Waals surface area contributed by atoms with Crippen molar-refractivity contribution in [3.63, 3.8) is 0 Å². The molecule has 0 saturated carbocycles. The van der Waals surface area contributed by atoms with Crippen molar-refractivity contribution in [3.8, 4) is 0 Å². The van der Waals surface area contributed by atoms with Crippen molar-refractivity contribution < 1.29 is 4.43 Å². The molecule has 3 rings (SSSR count). The average Bonchev–Trinajstić information content (AvgIpc) is 2.65. The molecule has 1 nitrogen and oxygen atoms in total. The van der Waals surface area contributed by atoms with Gasteiger partial charge in [-0.1, -0.05) is 72.8 Å². The number of aryl methyl sites for hydroxylation is 3. The number of hydrogen-bond donors (Lipinski definition) is 0. The molecule has 0 aliphatic heterocycles. The van der Waals surface area contributed by atoms with E-state index in [0.29, 0.717) is 15.3 Å². The van der Waals surface area contributed by atoms with Crippen molar-refractivity contribution in [2.45, 2.75) is 32.7 Å². The van der Waals surface area contributed by atoms with Crippen LogP contribution in [0.15, 0.2) is 72.8 Å². The summed E-state index contributed by atoms with van der Waals surface area (Å²) in [5.41, 5.74) is 8.42. The normalized spacial score (nSPS) is 11.1. The first-order valence-corrected chi connectivity index (χ1v) is 10.2. The zero-order valence-electron chi connectivity index (χ0n) is 15.8. The molecule has 0 bridgehead atoms. The van der Waals surface area contributed by atoms with E-state index in [1.807, 2.05) is 0 Å². The summed E-state index contributed by atoms with van der Waals surface area (Å²) in [5.74, 6) is 0. The van der Waals surface area contributed by atoms with Crippen LogP contribution in [-0.4, -0.2) is 16.4 Å². The molecule has 3 aromatic carbocycles. The second-order valence-corrected chi connectivity index (χ2v) is 7.89. The predicted octanol–water partition coefficient (Wildman–Crippen LogP) is 5.58. The first kappa shape index (κ1) is 18.6. The molecule has 0 aliphatic carbocycles. The maximum Gasteiger partial charge on any atom is 0.242 e. The molecule has 0 unspecified atom stereocenters. The van der Waals surface area contributed by atoms with Gasteiger partial charge in [-0.2, -0.15) is 0 Å². The minimum Gasteiger partial charge on any atom is -0.416 e. The number of benzene rings is 3. The van der Waals surface area contributed by atoms with E-state index < -0.39 is 0 Å². The molecule has 0 aliphatic rings. The van der Waals surface area contributed by atoms with Crippen LogP contribution in [0.1, 0.15) is 38.9 Å². The molecule has 3 aromatic rings. The Hall–Kier alpha value is -2.16. The molecule has 0 atom stereocenters. The fourth-order valence-corrected chi connectivity index (χ4v) is 4.60. The zero-order chi connectivity index (χ0) is 18.4. The van der Waals surface area contributed by atoms with Gasteiger partial charge >= 0.3 is 0 Å². The highest BCUT2D eigenvalue weighted by Crippen LogP contribution is 2.28. The lowest BCUT2D eigenvalue weighted by Crippen LogP contribution is -2.17. The molecule has 0 N–H and O–H groups in total. The van der Waals surface area contributed by atoms with Gasteiger partial charge in [0.2, 0.25) is 9.76 Å². The van der Waals surface area contributed by atoms with Gasteiger partial charge in [-0.05, 0) is 60.6 Å². The van der Waals surface area contributed by atoms with Crippen molar-refractivity contribution in [3.05, 3.63) is 106 Å². The first-order valence-electron chi connectivity index (χ1n) is 9.19. The summed E-state index contributed by atoms with van der Waals surface area (Å²) in [4.78, 5) is 0. The van der Waals surface area contributed by atoms with Gasteiger partial charge < -0.3 is 4.43 Å². The Morgan fingerprint density at radius 1 is 0.692 bits per heavy atom. The fourth-order valence-electron chi connectivity index (χ4n) is 3.31. The molecule has 0 aromatic heterocycles. The topological polar surface area (TPSA) is 9.23 Å². The van der Waals surface area contributed by atoms with Crippen molar-refractivity contribution in [2.24, 2.45) is 0 Å². The third-order valence-electron chi connectivity index (χ3n) is 4.93. The summed E-state index contributed by atoms with van der Waals surface area (Å²) in [5, 5.41) is 0. The van der Waals surface area contributed by atoms with Crippen LogP contribution in [0.2, 0.25) is 0 Å². The molecule has 0 saturated heterocycles. The highest BCUT2D eigenvalue weighted by molar-refractivity contribution is 6.31. The van der Waals surface area contributed by atoms with Gasteiger partial charge in [0, 0.05) is 12.1 Å². The Bertz CT molecular complexity index is 811. The van der Waals surface area contributed by atoms with Gasteiger partial charge in [0.25, 0.3) is 0 Å². The molecule has 0 amide bonds. The Morgan fingerprint density at radius 3 is 1.73 bits per heavy atom. The van der Waals surface area contributed by atoms with Crippen molar-refractivity contribution in [1.82, 2.24) is 0 Å². The van der Waals surface area contributed by atoms with E-state index in [0.717, 1.165) is 13.0 Å². The van der Waals surface area contributed by atoms with Crippen LogP contribution in [-0.2, 0) is 10.8 Å². The van der Waals surface area contributed by atoms with Gasteiger partial charge in [0.15, 0.2) is 0 Å². The quantitative estimate of drug-likeness (QED) is 0.396. The smallest absolute Gasteiger partial charge is 0.242 e. The number of hydrogen-bond acceptors (Lipinski definition) is 1. The largest absolute Gasteiger partial charge is 0.416 e. The van der Waals surface area contributed by atoms with Crippen LogP contribution in [0, 0.1) is 20.8 Å². The Morgan fingerprint density at radius 2 is 1.19 bits per heavy atom. The minimum absolute atomic E-state index is 0.300. The Kier molecular flexibility index (Phi) is 6.43. The molecule has 0 fully saturated rings. The highest BCUT2D eigenvalue weighted by Gasteiger charge is 2.20. The van der Waals surface area contributed by atoms with E-state index in [1.54, 1.807) is 0 Å². The van der Waals surface area contributed by atoms with E-state index >= 15 is 0 Å². The van der Waals surface area contributed by atoms with Crippen LogP contribution < -0.4 is 0 Å². The molecule has 0 heterocycles.